The molecular formula is C20H20N2O5. The summed E-state index contributed by atoms with van der Waals surface area (Å²) in [6.07, 6.45) is 0.137. The van der Waals surface area contributed by atoms with Crippen molar-refractivity contribution in [2.45, 2.75) is 13.3 Å². The Kier molecular flexibility index (Phi) is 5.40. The van der Waals surface area contributed by atoms with E-state index in [0.29, 0.717) is 22.7 Å². The molecule has 7 heteroatoms. The second kappa shape index (κ2) is 7.90. The summed E-state index contributed by atoms with van der Waals surface area (Å²) in [6.45, 7) is 2.15. The first-order chi connectivity index (χ1) is 13.0. The minimum Gasteiger partial charge on any atom is -0.482 e. The molecule has 7 nitrogen and oxygen atoms in total. The highest BCUT2D eigenvalue weighted by atomic mass is 16.5. The molecule has 0 aromatic heterocycles. The van der Waals surface area contributed by atoms with Crippen molar-refractivity contribution in [2.24, 2.45) is 0 Å². The van der Waals surface area contributed by atoms with Gasteiger partial charge in [-0.05, 0) is 48.9 Å². The maximum absolute atomic E-state index is 12.2. The average Bonchev–Trinajstić information content (AvgIpc) is 2.67. The second-order valence-electron chi connectivity index (χ2n) is 6.17. The Bertz CT molecular complexity index is 876. The molecule has 0 aliphatic carbocycles. The van der Waals surface area contributed by atoms with E-state index in [2.05, 4.69) is 10.1 Å². The molecule has 1 N–H and O–H groups in total. The van der Waals surface area contributed by atoms with Crippen molar-refractivity contribution in [1.82, 2.24) is 0 Å². The number of nitrogens with zero attached hydrogens (tertiary/aromatic N) is 1. The fourth-order valence-corrected chi connectivity index (χ4v) is 2.80. The number of esters is 1. The Labute approximate surface area is 156 Å². The lowest BCUT2D eigenvalue weighted by Gasteiger charge is -2.29. The third-order valence-corrected chi connectivity index (χ3v) is 4.21. The largest absolute Gasteiger partial charge is 0.482 e. The van der Waals surface area contributed by atoms with Gasteiger partial charge in [0.1, 0.15) is 5.75 Å². The van der Waals surface area contributed by atoms with Gasteiger partial charge in [-0.25, -0.2) is 4.79 Å². The minimum absolute atomic E-state index is 0.0350. The maximum atomic E-state index is 12.2. The Balaban J connectivity index is 1.62. The van der Waals surface area contributed by atoms with Gasteiger partial charge >= 0.3 is 5.97 Å². The summed E-state index contributed by atoms with van der Waals surface area (Å²) in [5, 5.41) is 2.76. The van der Waals surface area contributed by atoms with Crippen LogP contribution in [0.3, 0.4) is 0 Å². The lowest BCUT2D eigenvalue weighted by Crippen LogP contribution is -2.40. The van der Waals surface area contributed by atoms with E-state index in [1.165, 1.54) is 7.11 Å². The molecule has 2 aromatic carbocycles. The lowest BCUT2D eigenvalue weighted by atomic mass is 10.1. The van der Waals surface area contributed by atoms with Crippen molar-refractivity contribution in [2.75, 3.05) is 30.5 Å². The minimum atomic E-state index is -0.437. The van der Waals surface area contributed by atoms with Crippen LogP contribution in [0.15, 0.2) is 42.5 Å². The van der Waals surface area contributed by atoms with E-state index in [1.807, 2.05) is 25.1 Å². The molecule has 1 aliphatic rings. The molecule has 0 saturated carbocycles. The SMILES string of the molecule is COC(=O)c1ccc(NC(=O)CCN2C(=O)COc3ccc(C)cc32)cc1. The van der Waals surface area contributed by atoms with Crippen molar-refractivity contribution in [3.8, 4) is 5.75 Å². The number of ether oxygens (including phenoxy) is 2. The van der Waals surface area contributed by atoms with Crippen LogP contribution in [0.1, 0.15) is 22.3 Å². The predicted octanol–water partition coefficient (Wildman–Crippen LogP) is 2.54. The number of rotatable bonds is 5. The molecule has 0 fully saturated rings. The van der Waals surface area contributed by atoms with Crippen molar-refractivity contribution < 1.29 is 23.9 Å². The first-order valence-corrected chi connectivity index (χ1v) is 8.50. The van der Waals surface area contributed by atoms with Gasteiger partial charge in [0, 0.05) is 18.7 Å². The number of carbonyl (C=O) groups excluding carboxylic acids is 3. The highest BCUT2D eigenvalue weighted by molar-refractivity contribution is 5.99. The van der Waals surface area contributed by atoms with Gasteiger partial charge in [0.15, 0.2) is 6.61 Å². The summed E-state index contributed by atoms with van der Waals surface area (Å²) >= 11 is 0. The van der Waals surface area contributed by atoms with Crippen molar-refractivity contribution in [3.63, 3.8) is 0 Å². The zero-order valence-corrected chi connectivity index (χ0v) is 15.2. The molecular weight excluding hydrogens is 348 g/mol. The molecule has 0 spiro atoms. The number of benzene rings is 2. The maximum Gasteiger partial charge on any atom is 0.337 e. The van der Waals surface area contributed by atoms with Gasteiger partial charge in [-0.15, -0.1) is 0 Å². The van der Waals surface area contributed by atoms with Crippen LogP contribution in [-0.4, -0.2) is 38.0 Å². The van der Waals surface area contributed by atoms with E-state index in [1.54, 1.807) is 29.2 Å². The Hall–Kier alpha value is -3.35. The monoisotopic (exact) mass is 368 g/mol. The molecule has 0 radical (unpaired) electrons. The lowest BCUT2D eigenvalue weighted by molar-refractivity contribution is -0.121. The van der Waals surface area contributed by atoms with Gasteiger partial charge in [-0.3, -0.25) is 9.59 Å². The van der Waals surface area contributed by atoms with Gasteiger partial charge in [-0.1, -0.05) is 6.07 Å². The molecule has 140 valence electrons. The van der Waals surface area contributed by atoms with E-state index in [-0.39, 0.29) is 31.4 Å². The number of nitrogens with one attached hydrogen (secondary N) is 1. The number of anilines is 2. The van der Waals surface area contributed by atoms with Gasteiger partial charge in [-0.2, -0.15) is 0 Å². The third kappa shape index (κ3) is 4.25. The van der Waals surface area contributed by atoms with E-state index < -0.39 is 5.97 Å². The van der Waals surface area contributed by atoms with Crippen LogP contribution in [0.2, 0.25) is 0 Å². The summed E-state index contributed by atoms with van der Waals surface area (Å²) in [4.78, 5) is 37.4. The molecule has 0 bridgehead atoms. The van der Waals surface area contributed by atoms with Crippen LogP contribution in [0.4, 0.5) is 11.4 Å². The van der Waals surface area contributed by atoms with Crippen LogP contribution < -0.4 is 15.0 Å². The van der Waals surface area contributed by atoms with E-state index in [9.17, 15) is 14.4 Å². The number of hydrogen-bond acceptors (Lipinski definition) is 5. The summed E-state index contributed by atoms with van der Waals surface area (Å²) < 4.78 is 10.1. The normalized spacial score (nSPS) is 12.8. The van der Waals surface area contributed by atoms with E-state index in [0.717, 1.165) is 5.56 Å². The van der Waals surface area contributed by atoms with Gasteiger partial charge in [0.25, 0.3) is 5.91 Å². The van der Waals surface area contributed by atoms with Crippen LogP contribution in [0, 0.1) is 6.92 Å². The van der Waals surface area contributed by atoms with Crippen molar-refractivity contribution in [3.05, 3.63) is 53.6 Å². The molecule has 1 heterocycles. The fourth-order valence-electron chi connectivity index (χ4n) is 2.80. The predicted molar refractivity (Wildman–Crippen MR) is 100 cm³/mol. The second-order valence-corrected chi connectivity index (χ2v) is 6.17. The number of fused-ring (bicyclic) bond motifs is 1. The van der Waals surface area contributed by atoms with Gasteiger partial charge in [0.2, 0.25) is 5.91 Å². The fraction of sp³-hybridized carbons (Fsp3) is 0.250. The number of hydrogen-bond donors (Lipinski definition) is 1. The number of carbonyl (C=O) groups is 3. The molecule has 3 rings (SSSR count). The molecule has 27 heavy (non-hydrogen) atoms. The van der Waals surface area contributed by atoms with E-state index >= 15 is 0 Å². The van der Waals surface area contributed by atoms with Gasteiger partial charge in [0.05, 0.1) is 18.4 Å². The Morgan fingerprint density at radius 2 is 1.93 bits per heavy atom. The Morgan fingerprint density at radius 3 is 2.63 bits per heavy atom. The number of methoxy groups -OCH3 is 1. The smallest absolute Gasteiger partial charge is 0.337 e. The van der Waals surface area contributed by atoms with Crippen LogP contribution in [-0.2, 0) is 14.3 Å². The average molecular weight is 368 g/mol. The molecule has 0 atom stereocenters. The zero-order valence-electron chi connectivity index (χ0n) is 15.2. The topological polar surface area (TPSA) is 84.9 Å². The molecule has 2 amide bonds. The quantitative estimate of drug-likeness (QED) is 0.820. The zero-order chi connectivity index (χ0) is 19.4. The van der Waals surface area contributed by atoms with Crippen molar-refractivity contribution in [1.29, 1.82) is 0 Å². The Morgan fingerprint density at radius 1 is 1.19 bits per heavy atom. The number of amides is 2. The van der Waals surface area contributed by atoms with Crippen molar-refractivity contribution >= 4 is 29.2 Å². The van der Waals surface area contributed by atoms with Crippen LogP contribution in [0.5, 0.6) is 5.75 Å². The first-order valence-electron chi connectivity index (χ1n) is 8.50. The molecule has 1 aliphatic heterocycles. The summed E-state index contributed by atoms with van der Waals surface area (Å²) in [6, 6.07) is 12.0. The van der Waals surface area contributed by atoms with Gasteiger partial charge < -0.3 is 19.7 Å². The highest BCUT2D eigenvalue weighted by Crippen LogP contribution is 2.32. The van der Waals surface area contributed by atoms with Crippen LogP contribution in [0.25, 0.3) is 0 Å². The standard InChI is InChI=1S/C20H20N2O5/c1-13-3-8-17-16(11-13)22(19(24)12-27-17)10-9-18(23)21-15-6-4-14(5-7-15)20(25)26-2/h3-8,11H,9-10,12H2,1-2H3,(H,21,23). The first kappa shape index (κ1) is 18.4. The highest BCUT2D eigenvalue weighted by Gasteiger charge is 2.25. The summed E-state index contributed by atoms with van der Waals surface area (Å²) in [7, 11) is 1.31. The van der Waals surface area contributed by atoms with Crippen LogP contribution >= 0.6 is 0 Å². The summed E-state index contributed by atoms with van der Waals surface area (Å²) in [5.41, 5.74) is 2.66. The third-order valence-electron chi connectivity index (χ3n) is 4.21. The van der Waals surface area contributed by atoms with E-state index in [4.69, 9.17) is 4.74 Å². The molecule has 0 saturated heterocycles. The summed E-state index contributed by atoms with van der Waals surface area (Å²) in [5.74, 6) is -0.204. The number of aryl methyl sites for hydroxylation is 1. The molecule has 0 unspecified atom stereocenters. The molecule has 2 aromatic rings.